The van der Waals surface area contributed by atoms with Crippen molar-refractivity contribution in [2.45, 2.75) is 37.3 Å². The van der Waals surface area contributed by atoms with Crippen molar-refractivity contribution in [3.05, 3.63) is 66.1 Å². The van der Waals surface area contributed by atoms with Crippen molar-refractivity contribution in [3.63, 3.8) is 0 Å². The molecule has 6 heterocycles. The van der Waals surface area contributed by atoms with E-state index in [-0.39, 0.29) is 11.7 Å². The molecule has 8 nitrogen and oxygen atoms in total. The lowest BCUT2D eigenvalue weighted by atomic mass is 9.82. The molecule has 2 fully saturated rings. The predicted octanol–water partition coefficient (Wildman–Crippen LogP) is 3.69. The third kappa shape index (κ3) is 3.52. The Kier molecular flexibility index (Phi) is 4.89. The minimum Gasteiger partial charge on any atom is -0.378 e. The number of carbonyl (C=O) groups excluding carboxylic acids is 1. The fourth-order valence-corrected chi connectivity index (χ4v) is 5.76. The van der Waals surface area contributed by atoms with Crippen LogP contribution in [0.1, 0.15) is 41.2 Å². The quantitative estimate of drug-likeness (QED) is 0.476. The number of pyridine rings is 1. The average molecular weight is 467 g/mol. The Morgan fingerprint density at radius 2 is 1.80 bits per heavy atom. The van der Waals surface area contributed by atoms with E-state index in [1.54, 1.807) is 4.52 Å². The van der Waals surface area contributed by atoms with Gasteiger partial charge in [0.2, 0.25) is 0 Å². The number of Topliss-reactive ketones (excluding diaryl/α,β-unsaturated/α-hetero) is 1. The molecule has 3 aliphatic rings. The minimum atomic E-state index is 0.147. The molecule has 0 amide bonds. The van der Waals surface area contributed by atoms with Gasteiger partial charge in [-0.1, -0.05) is 36.4 Å². The van der Waals surface area contributed by atoms with Crippen LogP contribution in [-0.2, 0) is 4.74 Å². The maximum Gasteiger partial charge on any atom is 0.170 e. The fraction of sp³-hybridized carbons (Fsp3) is 0.333. The number of piperidine rings is 1. The van der Waals surface area contributed by atoms with E-state index in [2.05, 4.69) is 33.9 Å². The molecule has 0 saturated carbocycles. The van der Waals surface area contributed by atoms with Gasteiger partial charge in [0.05, 0.1) is 36.4 Å². The van der Waals surface area contributed by atoms with Gasteiger partial charge >= 0.3 is 0 Å². The van der Waals surface area contributed by atoms with Gasteiger partial charge in [-0.25, -0.2) is 4.98 Å². The van der Waals surface area contributed by atoms with Crippen molar-refractivity contribution < 1.29 is 9.53 Å². The number of anilines is 1. The monoisotopic (exact) mass is 466 g/mol. The molecular weight excluding hydrogens is 440 g/mol. The van der Waals surface area contributed by atoms with Crippen molar-refractivity contribution in [2.24, 2.45) is 0 Å². The number of benzene rings is 1. The molecule has 2 bridgehead atoms. The van der Waals surface area contributed by atoms with Crippen molar-refractivity contribution >= 4 is 17.2 Å². The SMILES string of the molecule is O=C1CCNc2c1c(C1CC3COCC(C1)N3)nc1c(-c3ccc(-c4ccccc4)nc3)cnn21. The van der Waals surface area contributed by atoms with Crippen molar-refractivity contribution in [3.8, 4) is 22.4 Å². The Morgan fingerprint density at radius 1 is 0.971 bits per heavy atom. The molecular formula is C27H26N6O2. The van der Waals surface area contributed by atoms with Gasteiger partial charge in [0.1, 0.15) is 5.82 Å². The molecule has 0 aliphatic carbocycles. The molecule has 3 aromatic heterocycles. The van der Waals surface area contributed by atoms with E-state index in [0.717, 1.165) is 52.4 Å². The molecule has 7 rings (SSSR count). The summed E-state index contributed by atoms with van der Waals surface area (Å²) in [7, 11) is 0. The first kappa shape index (κ1) is 20.7. The molecule has 4 aromatic rings. The summed E-state index contributed by atoms with van der Waals surface area (Å²) in [6, 6.07) is 14.8. The number of fused-ring (bicyclic) bond motifs is 5. The summed E-state index contributed by atoms with van der Waals surface area (Å²) in [5.41, 5.74) is 6.24. The lowest BCUT2D eigenvalue weighted by molar-refractivity contribution is 0.0176. The van der Waals surface area contributed by atoms with Crippen LogP contribution in [-0.4, -0.2) is 57.2 Å². The highest BCUT2D eigenvalue weighted by atomic mass is 16.5. The van der Waals surface area contributed by atoms with Gasteiger partial charge in [0.25, 0.3) is 0 Å². The number of carbonyl (C=O) groups is 1. The van der Waals surface area contributed by atoms with Gasteiger partial charge in [-0.2, -0.15) is 9.61 Å². The van der Waals surface area contributed by atoms with E-state index >= 15 is 0 Å². The van der Waals surface area contributed by atoms with Crippen LogP contribution in [0, 0.1) is 0 Å². The largest absolute Gasteiger partial charge is 0.378 e. The number of aromatic nitrogens is 4. The molecule has 2 atom stereocenters. The third-order valence-electron chi connectivity index (χ3n) is 7.38. The highest BCUT2D eigenvalue weighted by Gasteiger charge is 2.37. The second-order valence-electron chi connectivity index (χ2n) is 9.68. The normalized spacial score (nSPS) is 23.7. The first-order chi connectivity index (χ1) is 17.2. The van der Waals surface area contributed by atoms with Crippen LogP contribution in [0.5, 0.6) is 0 Å². The molecule has 0 spiro atoms. The van der Waals surface area contributed by atoms with Gasteiger partial charge < -0.3 is 15.4 Å². The van der Waals surface area contributed by atoms with Crippen molar-refractivity contribution in [2.75, 3.05) is 25.1 Å². The highest BCUT2D eigenvalue weighted by Crippen LogP contribution is 2.39. The zero-order chi connectivity index (χ0) is 23.4. The molecule has 2 unspecified atom stereocenters. The lowest BCUT2D eigenvalue weighted by Gasteiger charge is -2.40. The molecule has 1 aromatic carbocycles. The second kappa shape index (κ2) is 8.25. The second-order valence-corrected chi connectivity index (χ2v) is 9.68. The van der Waals surface area contributed by atoms with Gasteiger partial charge in [0.15, 0.2) is 11.4 Å². The van der Waals surface area contributed by atoms with E-state index in [4.69, 9.17) is 14.7 Å². The van der Waals surface area contributed by atoms with E-state index in [1.807, 2.05) is 36.7 Å². The van der Waals surface area contributed by atoms with E-state index in [0.29, 0.717) is 43.8 Å². The summed E-state index contributed by atoms with van der Waals surface area (Å²) in [5.74, 6) is 1.12. The van der Waals surface area contributed by atoms with E-state index in [1.165, 1.54) is 0 Å². The van der Waals surface area contributed by atoms with Crippen LogP contribution in [0.4, 0.5) is 5.82 Å². The number of hydrogen-bond acceptors (Lipinski definition) is 7. The van der Waals surface area contributed by atoms with Crippen LogP contribution in [0.15, 0.2) is 54.9 Å². The maximum atomic E-state index is 13.1. The van der Waals surface area contributed by atoms with E-state index < -0.39 is 0 Å². The lowest BCUT2D eigenvalue weighted by Crippen LogP contribution is -2.53. The van der Waals surface area contributed by atoms with Crippen LogP contribution < -0.4 is 10.6 Å². The zero-order valence-electron chi connectivity index (χ0n) is 19.3. The Hall–Kier alpha value is -3.62. The molecule has 2 N–H and O–H groups in total. The number of nitrogens with zero attached hydrogens (tertiary/aromatic N) is 4. The molecule has 0 radical (unpaired) electrons. The molecule has 35 heavy (non-hydrogen) atoms. The summed E-state index contributed by atoms with van der Waals surface area (Å²) in [6.45, 7) is 2.03. The molecule has 176 valence electrons. The summed E-state index contributed by atoms with van der Waals surface area (Å²) in [5, 5.41) is 11.7. The van der Waals surface area contributed by atoms with Crippen molar-refractivity contribution in [1.82, 2.24) is 24.9 Å². The fourth-order valence-electron chi connectivity index (χ4n) is 5.76. The maximum absolute atomic E-state index is 13.1. The van der Waals surface area contributed by atoms with Crippen LogP contribution in [0.25, 0.3) is 28.0 Å². The van der Waals surface area contributed by atoms with Crippen molar-refractivity contribution in [1.29, 1.82) is 0 Å². The first-order valence-corrected chi connectivity index (χ1v) is 12.3. The highest BCUT2D eigenvalue weighted by molar-refractivity contribution is 6.04. The number of morpholine rings is 1. The van der Waals surface area contributed by atoms with Gasteiger partial charge in [-0.3, -0.25) is 9.78 Å². The Bertz CT molecular complexity index is 1400. The van der Waals surface area contributed by atoms with Crippen LogP contribution >= 0.6 is 0 Å². The summed E-state index contributed by atoms with van der Waals surface area (Å²) >= 11 is 0. The predicted molar refractivity (Wildman–Crippen MR) is 133 cm³/mol. The van der Waals surface area contributed by atoms with Gasteiger partial charge in [-0.15, -0.1) is 0 Å². The van der Waals surface area contributed by atoms with Crippen LogP contribution in [0.3, 0.4) is 0 Å². The standard InChI is InChI=1S/C27H26N6O2/c34-23-8-9-28-27-24(23)25(18-10-19-14-35-15-20(11-18)31-19)32-26-21(13-30-33(26)27)17-6-7-22(29-12-17)16-4-2-1-3-5-16/h1-7,12-13,18-20,28,31H,8-11,14-15H2. The Balaban J connectivity index is 1.34. The number of rotatable bonds is 3. The Labute approximate surface area is 202 Å². The summed E-state index contributed by atoms with van der Waals surface area (Å²) < 4.78 is 7.54. The van der Waals surface area contributed by atoms with Gasteiger partial charge in [0, 0.05) is 53.9 Å². The molecule has 2 saturated heterocycles. The van der Waals surface area contributed by atoms with Crippen LogP contribution in [0.2, 0.25) is 0 Å². The minimum absolute atomic E-state index is 0.147. The summed E-state index contributed by atoms with van der Waals surface area (Å²) in [4.78, 5) is 23.0. The molecule has 3 aliphatic heterocycles. The van der Waals surface area contributed by atoms with E-state index in [9.17, 15) is 4.79 Å². The average Bonchev–Trinajstić information content (AvgIpc) is 3.33. The molecule has 8 heteroatoms. The third-order valence-corrected chi connectivity index (χ3v) is 7.38. The van der Waals surface area contributed by atoms with Gasteiger partial charge in [-0.05, 0) is 18.9 Å². The zero-order valence-corrected chi connectivity index (χ0v) is 19.3. The Morgan fingerprint density at radius 3 is 2.57 bits per heavy atom. The first-order valence-electron chi connectivity index (χ1n) is 12.3. The number of hydrogen-bond donors (Lipinski definition) is 2. The topological polar surface area (TPSA) is 93.4 Å². The smallest absolute Gasteiger partial charge is 0.170 e. The number of ketones is 1. The number of nitrogens with one attached hydrogen (secondary N) is 2. The number of ether oxygens (including phenoxy) is 1. The summed E-state index contributed by atoms with van der Waals surface area (Å²) in [6.07, 6.45) is 6.02.